The van der Waals surface area contributed by atoms with Crippen LogP contribution >= 0.6 is 0 Å². The average Bonchev–Trinajstić information content (AvgIpc) is 3.21. The monoisotopic (exact) mass is 774 g/mol. The molecule has 7 aromatic rings. The third-order valence-electron chi connectivity index (χ3n) is 11.3. The lowest BCUT2D eigenvalue weighted by Crippen LogP contribution is -2.30. The van der Waals surface area contributed by atoms with Gasteiger partial charge in [-0.15, -0.1) is 0 Å². The maximum atomic E-state index is 14.1. The first-order valence-corrected chi connectivity index (χ1v) is 21.1. The molecule has 0 saturated carbocycles. The molecule has 0 aliphatic carbocycles. The Morgan fingerprint density at radius 2 is 0.804 bits per heavy atom. The summed E-state index contributed by atoms with van der Waals surface area (Å²) in [6.07, 6.45) is 0. The Bertz CT molecular complexity index is 2660. The van der Waals surface area contributed by atoms with Crippen LogP contribution in [0.3, 0.4) is 0 Å². The maximum absolute atomic E-state index is 14.1. The fourth-order valence-electron chi connectivity index (χ4n) is 8.42. The zero-order chi connectivity index (χ0) is 38.1. The molecule has 7 aromatic carbocycles. The lowest BCUT2D eigenvalue weighted by molar-refractivity contribution is 0.596. The van der Waals surface area contributed by atoms with Gasteiger partial charge < -0.3 is 15.3 Å². The van der Waals surface area contributed by atoms with Crippen molar-refractivity contribution in [2.75, 3.05) is 9.80 Å². The van der Waals surface area contributed by atoms with Crippen molar-refractivity contribution in [3.63, 3.8) is 0 Å². The van der Waals surface area contributed by atoms with Gasteiger partial charge in [-0.05, 0) is 113 Å². The summed E-state index contributed by atoms with van der Waals surface area (Å²) in [5, 5.41) is 0. The molecule has 0 bridgehead atoms. The van der Waals surface area contributed by atoms with Crippen LogP contribution < -0.4 is 9.80 Å². The van der Waals surface area contributed by atoms with Crippen LogP contribution in [0, 0.1) is 0 Å². The van der Waals surface area contributed by atoms with Crippen LogP contribution in [0.1, 0.15) is 49.9 Å². The Morgan fingerprint density at radius 3 is 1.21 bits per heavy atom. The van der Waals surface area contributed by atoms with Gasteiger partial charge in [0, 0.05) is 32.0 Å². The molecule has 6 nitrogen and oxygen atoms in total. The molecule has 280 valence electrons. The largest absolute Gasteiger partial charge is 0.412 e. The standard InChI is InChI=1S/C48H40N2O3S2.H2O/c1-47(2)39-16-5-9-20-43(39)49(44-21-10-6-17-40(44)47)33-24-28-35(29-25-33)54(51)36-14-13-15-38(32-36)55(52,53)37-30-26-34(27-31-37)50-45-22-11-7-18-41(45)48(3,4)42-19-8-12-23-46(42)50;/h5-32H,1-4H3;1H2. The third-order valence-corrected chi connectivity index (χ3v) is 14.5. The van der Waals surface area contributed by atoms with Crippen LogP contribution in [0.5, 0.6) is 0 Å². The first-order chi connectivity index (χ1) is 26.5. The quantitative estimate of drug-likeness (QED) is 0.168. The van der Waals surface area contributed by atoms with E-state index < -0.39 is 20.6 Å². The summed E-state index contributed by atoms with van der Waals surface area (Å²) < 4.78 is 42.1. The fourth-order valence-corrected chi connectivity index (χ4v) is 10.9. The Morgan fingerprint density at radius 1 is 0.429 bits per heavy atom. The molecule has 0 aromatic heterocycles. The normalized spacial score (nSPS) is 15.4. The fraction of sp³-hybridized carbons (Fsp3) is 0.125. The van der Waals surface area contributed by atoms with Gasteiger partial charge in [-0.25, -0.2) is 12.6 Å². The maximum Gasteiger partial charge on any atom is 0.206 e. The Kier molecular flexibility index (Phi) is 9.11. The van der Waals surface area contributed by atoms with E-state index in [0.29, 0.717) is 9.79 Å². The molecule has 2 heterocycles. The summed E-state index contributed by atoms with van der Waals surface area (Å²) >= 11 is 0. The van der Waals surface area contributed by atoms with E-state index in [1.165, 1.54) is 28.3 Å². The zero-order valence-corrected chi connectivity index (χ0v) is 33.2. The minimum atomic E-state index is -3.91. The molecular weight excluding hydrogens is 733 g/mol. The summed E-state index contributed by atoms with van der Waals surface area (Å²) in [4.78, 5) is 5.74. The molecule has 0 radical (unpaired) electrons. The second-order valence-electron chi connectivity index (χ2n) is 15.2. The molecule has 2 aliphatic rings. The van der Waals surface area contributed by atoms with Crippen LogP contribution in [0.25, 0.3) is 0 Å². The van der Waals surface area contributed by atoms with E-state index >= 15 is 0 Å². The Balaban J connectivity index is 0.00000441. The Labute approximate surface area is 331 Å². The van der Waals surface area contributed by atoms with E-state index in [0.717, 1.165) is 34.1 Å². The smallest absolute Gasteiger partial charge is 0.206 e. The van der Waals surface area contributed by atoms with E-state index in [1.54, 1.807) is 30.3 Å². The first-order valence-electron chi connectivity index (χ1n) is 18.4. The van der Waals surface area contributed by atoms with Gasteiger partial charge in [0.1, 0.15) is 0 Å². The molecule has 2 aliphatic heterocycles. The summed E-state index contributed by atoms with van der Waals surface area (Å²) in [5.41, 5.74) is 10.7. The average molecular weight is 775 g/mol. The third kappa shape index (κ3) is 5.79. The van der Waals surface area contributed by atoms with E-state index in [-0.39, 0.29) is 26.1 Å². The van der Waals surface area contributed by atoms with Crippen molar-refractivity contribution in [2.24, 2.45) is 0 Å². The number of fused-ring (bicyclic) bond motifs is 4. The van der Waals surface area contributed by atoms with E-state index in [1.807, 2.05) is 48.5 Å². The van der Waals surface area contributed by atoms with Crippen LogP contribution in [0.15, 0.2) is 189 Å². The molecule has 1 unspecified atom stereocenters. The summed E-state index contributed by atoms with van der Waals surface area (Å²) in [6.45, 7) is 8.99. The zero-order valence-electron chi connectivity index (χ0n) is 31.6. The van der Waals surface area contributed by atoms with E-state index in [9.17, 15) is 12.6 Å². The molecule has 2 N–H and O–H groups in total. The molecule has 1 atom stereocenters. The highest BCUT2D eigenvalue weighted by molar-refractivity contribution is 7.91. The van der Waals surface area contributed by atoms with Gasteiger partial charge in [0.15, 0.2) is 0 Å². The second-order valence-corrected chi connectivity index (χ2v) is 18.7. The predicted molar refractivity (Wildman–Crippen MR) is 227 cm³/mol. The highest BCUT2D eigenvalue weighted by Gasteiger charge is 2.38. The van der Waals surface area contributed by atoms with Crippen molar-refractivity contribution in [3.05, 3.63) is 192 Å². The molecule has 0 spiro atoms. The molecule has 9 rings (SSSR count). The van der Waals surface area contributed by atoms with Crippen LogP contribution in [-0.2, 0) is 31.5 Å². The molecule has 56 heavy (non-hydrogen) atoms. The van der Waals surface area contributed by atoms with Gasteiger partial charge >= 0.3 is 0 Å². The minimum absolute atomic E-state index is 0. The van der Waals surface area contributed by atoms with Crippen LogP contribution in [0.2, 0.25) is 0 Å². The lowest BCUT2D eigenvalue weighted by Gasteiger charge is -2.42. The van der Waals surface area contributed by atoms with Gasteiger partial charge in [0.2, 0.25) is 9.84 Å². The molecule has 8 heteroatoms. The number of anilines is 6. The highest BCUT2D eigenvalue weighted by atomic mass is 32.2. The Hall–Kier alpha value is -5.80. The molecular formula is C48H42N2O4S2. The topological polar surface area (TPSA) is 89.2 Å². The number of benzene rings is 7. The summed E-state index contributed by atoms with van der Waals surface area (Å²) in [6, 6.07) is 54.9. The van der Waals surface area contributed by atoms with Crippen molar-refractivity contribution < 1.29 is 18.1 Å². The highest BCUT2D eigenvalue weighted by Crippen LogP contribution is 2.53. The number of para-hydroxylation sites is 4. The van der Waals surface area contributed by atoms with Crippen molar-refractivity contribution in [1.29, 1.82) is 0 Å². The molecule has 0 fully saturated rings. The lowest BCUT2D eigenvalue weighted by atomic mass is 9.73. The minimum Gasteiger partial charge on any atom is -0.412 e. The van der Waals surface area contributed by atoms with E-state index in [4.69, 9.17) is 0 Å². The molecule has 0 amide bonds. The van der Waals surface area contributed by atoms with Gasteiger partial charge in [-0.3, -0.25) is 0 Å². The molecule has 0 saturated heterocycles. The SMILES string of the molecule is CC1(C)c2ccccc2N(c2ccc(S(=O)c3cccc(S(=O)(=O)c4ccc(N5c6ccccc6C(C)(C)c6ccccc65)cc4)c3)cc2)c2ccccc21.O. The van der Waals surface area contributed by atoms with Crippen molar-refractivity contribution in [3.8, 4) is 0 Å². The number of sulfone groups is 1. The second kappa shape index (κ2) is 13.7. The van der Waals surface area contributed by atoms with Gasteiger partial charge in [0.25, 0.3) is 0 Å². The van der Waals surface area contributed by atoms with Gasteiger partial charge in [-0.2, -0.15) is 0 Å². The van der Waals surface area contributed by atoms with Crippen LogP contribution in [0.4, 0.5) is 34.1 Å². The van der Waals surface area contributed by atoms with E-state index in [2.05, 4.69) is 122 Å². The summed E-state index contributed by atoms with van der Waals surface area (Å²) in [7, 11) is -5.52. The van der Waals surface area contributed by atoms with Crippen molar-refractivity contribution in [1.82, 2.24) is 0 Å². The number of hydrogen-bond donors (Lipinski definition) is 0. The number of rotatable bonds is 6. The van der Waals surface area contributed by atoms with Crippen molar-refractivity contribution >= 4 is 54.8 Å². The van der Waals surface area contributed by atoms with Crippen molar-refractivity contribution in [2.45, 2.75) is 58.1 Å². The van der Waals surface area contributed by atoms with Gasteiger partial charge in [0.05, 0.1) is 43.3 Å². The number of nitrogens with zero attached hydrogens (tertiary/aromatic N) is 2. The number of hydrogen-bond acceptors (Lipinski definition) is 5. The van der Waals surface area contributed by atoms with Crippen LogP contribution in [-0.4, -0.2) is 18.1 Å². The predicted octanol–water partition coefficient (Wildman–Crippen LogP) is 11.1. The summed E-state index contributed by atoms with van der Waals surface area (Å²) in [5.74, 6) is 0. The van der Waals surface area contributed by atoms with Gasteiger partial charge in [-0.1, -0.05) is 107 Å². The first kappa shape index (κ1) is 37.1.